The van der Waals surface area contributed by atoms with Crippen LogP contribution >= 0.6 is 0 Å². The zero-order chi connectivity index (χ0) is 15.2. The van der Waals surface area contributed by atoms with Crippen LogP contribution in [-0.2, 0) is 4.79 Å². The molecule has 0 atom stereocenters. The number of anilines is 1. The maximum atomic E-state index is 13.2. The molecule has 0 aliphatic rings. The highest BCUT2D eigenvalue weighted by atomic mass is 19.1. The Balaban J connectivity index is 1.98. The van der Waals surface area contributed by atoms with Crippen molar-refractivity contribution in [3.8, 4) is 11.8 Å². The number of benzene rings is 2. The van der Waals surface area contributed by atoms with Crippen molar-refractivity contribution < 1.29 is 13.9 Å². The summed E-state index contributed by atoms with van der Waals surface area (Å²) in [5, 5.41) is 11.5. The number of hydrogen-bond donors (Lipinski definition) is 1. The first kappa shape index (κ1) is 14.5. The average molecular weight is 284 g/mol. The maximum absolute atomic E-state index is 13.2. The third kappa shape index (κ3) is 4.05. The molecule has 5 heteroatoms. The van der Waals surface area contributed by atoms with Gasteiger partial charge in [0.1, 0.15) is 17.6 Å². The van der Waals surface area contributed by atoms with E-state index in [4.69, 9.17) is 10.00 Å². The van der Waals surface area contributed by atoms with Crippen LogP contribution in [0.1, 0.15) is 11.1 Å². The quantitative estimate of drug-likeness (QED) is 0.938. The fraction of sp³-hybridized carbons (Fsp3) is 0.125. The Bertz CT molecular complexity index is 687. The van der Waals surface area contributed by atoms with Gasteiger partial charge in [-0.2, -0.15) is 5.26 Å². The second kappa shape index (κ2) is 6.53. The Kier molecular flexibility index (Phi) is 4.52. The highest BCUT2D eigenvalue weighted by Gasteiger charge is 2.07. The van der Waals surface area contributed by atoms with Crippen LogP contribution in [0.4, 0.5) is 10.1 Å². The molecule has 0 saturated carbocycles. The number of amides is 1. The largest absolute Gasteiger partial charge is 0.482 e. The smallest absolute Gasteiger partial charge is 0.262 e. The number of halogens is 1. The fourth-order valence-electron chi connectivity index (χ4n) is 1.83. The SMILES string of the molecule is Cc1cc(F)cc(NC(=O)COc2ccccc2C#N)c1. The first-order valence-electron chi connectivity index (χ1n) is 6.27. The average Bonchev–Trinajstić information content (AvgIpc) is 2.44. The van der Waals surface area contributed by atoms with Crippen molar-refractivity contribution in [3.05, 3.63) is 59.4 Å². The summed E-state index contributed by atoms with van der Waals surface area (Å²) in [4.78, 5) is 11.8. The first-order valence-corrected chi connectivity index (χ1v) is 6.27. The molecule has 2 aromatic rings. The van der Waals surface area contributed by atoms with E-state index >= 15 is 0 Å². The van der Waals surface area contributed by atoms with Crippen LogP contribution in [0.15, 0.2) is 42.5 Å². The minimum absolute atomic E-state index is 0.256. The van der Waals surface area contributed by atoms with Gasteiger partial charge < -0.3 is 10.1 Å². The lowest BCUT2D eigenvalue weighted by molar-refractivity contribution is -0.118. The van der Waals surface area contributed by atoms with Gasteiger partial charge in [-0.1, -0.05) is 12.1 Å². The number of rotatable bonds is 4. The third-order valence-electron chi connectivity index (χ3n) is 2.69. The van der Waals surface area contributed by atoms with Crippen LogP contribution < -0.4 is 10.1 Å². The van der Waals surface area contributed by atoms with Crippen LogP contribution in [0.3, 0.4) is 0 Å². The summed E-state index contributed by atoms with van der Waals surface area (Å²) in [5.74, 6) is -0.501. The van der Waals surface area contributed by atoms with Crippen molar-refractivity contribution in [2.24, 2.45) is 0 Å². The van der Waals surface area contributed by atoms with Gasteiger partial charge in [0.2, 0.25) is 0 Å². The van der Waals surface area contributed by atoms with Gasteiger partial charge in [0.25, 0.3) is 5.91 Å². The van der Waals surface area contributed by atoms with Crippen LogP contribution in [0.2, 0.25) is 0 Å². The third-order valence-corrected chi connectivity index (χ3v) is 2.69. The summed E-state index contributed by atoms with van der Waals surface area (Å²) < 4.78 is 18.5. The number of hydrogen-bond acceptors (Lipinski definition) is 3. The zero-order valence-electron chi connectivity index (χ0n) is 11.4. The van der Waals surface area contributed by atoms with E-state index < -0.39 is 11.7 Å². The second-order valence-electron chi connectivity index (χ2n) is 4.46. The van der Waals surface area contributed by atoms with Gasteiger partial charge in [-0.15, -0.1) is 0 Å². The molecule has 0 fully saturated rings. The summed E-state index contributed by atoms with van der Waals surface area (Å²) in [6.45, 7) is 1.48. The molecular weight excluding hydrogens is 271 g/mol. The monoisotopic (exact) mass is 284 g/mol. The van der Waals surface area contributed by atoms with Gasteiger partial charge in [0.15, 0.2) is 6.61 Å². The molecule has 0 saturated heterocycles. The van der Waals surface area contributed by atoms with Crippen molar-refractivity contribution in [3.63, 3.8) is 0 Å². The predicted molar refractivity (Wildman–Crippen MR) is 76.4 cm³/mol. The van der Waals surface area contributed by atoms with Crippen molar-refractivity contribution in [2.45, 2.75) is 6.92 Å². The van der Waals surface area contributed by atoms with Crippen LogP contribution in [0.5, 0.6) is 5.75 Å². The lowest BCUT2D eigenvalue weighted by atomic mass is 10.2. The van der Waals surface area contributed by atoms with Crippen LogP contribution in [0.25, 0.3) is 0 Å². The lowest BCUT2D eigenvalue weighted by Crippen LogP contribution is -2.20. The lowest BCUT2D eigenvalue weighted by Gasteiger charge is -2.09. The molecule has 2 rings (SSSR count). The van der Waals surface area contributed by atoms with E-state index in [0.717, 1.165) is 0 Å². The van der Waals surface area contributed by atoms with Crippen molar-refractivity contribution in [1.82, 2.24) is 0 Å². The number of para-hydroxylation sites is 1. The molecule has 0 aromatic heterocycles. The molecule has 21 heavy (non-hydrogen) atoms. The number of nitrogens with zero attached hydrogens (tertiary/aromatic N) is 1. The number of aryl methyl sites for hydroxylation is 1. The van der Waals surface area contributed by atoms with E-state index in [1.54, 1.807) is 37.3 Å². The first-order chi connectivity index (χ1) is 10.1. The van der Waals surface area contributed by atoms with Gasteiger partial charge in [-0.25, -0.2) is 4.39 Å². The van der Waals surface area contributed by atoms with Crippen molar-refractivity contribution in [1.29, 1.82) is 5.26 Å². The summed E-state index contributed by atoms with van der Waals surface area (Å²) in [6.07, 6.45) is 0. The van der Waals surface area contributed by atoms with Crippen LogP contribution in [0, 0.1) is 24.1 Å². The van der Waals surface area contributed by atoms with E-state index in [0.29, 0.717) is 22.6 Å². The molecule has 0 spiro atoms. The van der Waals surface area contributed by atoms with Gasteiger partial charge in [0.05, 0.1) is 5.56 Å². The predicted octanol–water partition coefficient (Wildman–Crippen LogP) is 3.02. The highest BCUT2D eigenvalue weighted by Crippen LogP contribution is 2.17. The molecule has 0 aliphatic heterocycles. The minimum atomic E-state index is -0.423. The molecule has 106 valence electrons. The number of carbonyl (C=O) groups excluding carboxylic acids is 1. The molecule has 0 heterocycles. The van der Waals surface area contributed by atoms with E-state index in [1.807, 2.05) is 6.07 Å². The topological polar surface area (TPSA) is 62.1 Å². The molecule has 0 bridgehead atoms. The maximum Gasteiger partial charge on any atom is 0.262 e. The highest BCUT2D eigenvalue weighted by molar-refractivity contribution is 5.92. The van der Waals surface area contributed by atoms with Gasteiger partial charge in [0, 0.05) is 5.69 Å². The fourth-order valence-corrected chi connectivity index (χ4v) is 1.83. The normalized spacial score (nSPS) is 9.76. The Morgan fingerprint density at radius 3 is 2.81 bits per heavy atom. The Morgan fingerprint density at radius 2 is 2.10 bits per heavy atom. The van der Waals surface area contributed by atoms with Gasteiger partial charge in [-0.3, -0.25) is 4.79 Å². The Morgan fingerprint density at radius 1 is 1.33 bits per heavy atom. The molecule has 1 N–H and O–H groups in total. The number of carbonyl (C=O) groups is 1. The van der Waals surface area contributed by atoms with Crippen LogP contribution in [-0.4, -0.2) is 12.5 Å². The number of nitriles is 1. The molecule has 0 aliphatic carbocycles. The van der Waals surface area contributed by atoms with Gasteiger partial charge >= 0.3 is 0 Å². The van der Waals surface area contributed by atoms with Gasteiger partial charge in [-0.05, 0) is 42.8 Å². The molecule has 0 unspecified atom stereocenters. The second-order valence-corrected chi connectivity index (χ2v) is 4.46. The molecule has 1 amide bonds. The van der Waals surface area contributed by atoms with Crippen molar-refractivity contribution >= 4 is 11.6 Å². The van der Waals surface area contributed by atoms with E-state index in [2.05, 4.69) is 5.32 Å². The summed E-state index contributed by atoms with van der Waals surface area (Å²) in [7, 11) is 0. The van der Waals surface area contributed by atoms with E-state index in [9.17, 15) is 9.18 Å². The molecular formula is C16H13FN2O2. The number of ether oxygens (including phenoxy) is 1. The summed E-state index contributed by atoms with van der Waals surface area (Å²) in [6, 6.07) is 12.9. The minimum Gasteiger partial charge on any atom is -0.482 e. The standard InChI is InChI=1S/C16H13FN2O2/c1-11-6-13(17)8-14(7-11)19-16(20)10-21-15-5-3-2-4-12(15)9-18/h2-8H,10H2,1H3,(H,19,20). The molecule has 2 aromatic carbocycles. The Hall–Kier alpha value is -2.87. The Labute approximate surface area is 121 Å². The summed E-state index contributed by atoms with van der Waals surface area (Å²) in [5.41, 5.74) is 1.43. The van der Waals surface area contributed by atoms with E-state index in [-0.39, 0.29) is 6.61 Å². The zero-order valence-corrected chi connectivity index (χ0v) is 11.4. The molecule has 4 nitrogen and oxygen atoms in total. The van der Waals surface area contributed by atoms with Crippen molar-refractivity contribution in [2.75, 3.05) is 11.9 Å². The van der Waals surface area contributed by atoms with E-state index in [1.165, 1.54) is 12.1 Å². The number of nitrogens with one attached hydrogen (secondary N) is 1. The summed E-state index contributed by atoms with van der Waals surface area (Å²) >= 11 is 0. The molecule has 0 radical (unpaired) electrons.